The number of carbonyl (C=O) groups is 1. The summed E-state index contributed by atoms with van der Waals surface area (Å²) in [5.74, 6) is -0.231. The van der Waals surface area contributed by atoms with Crippen LogP contribution in [-0.2, 0) is 15.1 Å². The number of hydrogen-bond acceptors (Lipinski definition) is 3. The van der Waals surface area contributed by atoms with E-state index in [0.717, 1.165) is 20.4 Å². The van der Waals surface area contributed by atoms with Gasteiger partial charge in [0.15, 0.2) is 0 Å². The van der Waals surface area contributed by atoms with Gasteiger partial charge < -0.3 is 10.1 Å². The van der Waals surface area contributed by atoms with Crippen LogP contribution in [0, 0.1) is 10.5 Å². The Morgan fingerprint density at radius 2 is 1.96 bits per heavy atom. The molecule has 1 heterocycles. The van der Waals surface area contributed by atoms with Crippen LogP contribution < -0.4 is 5.32 Å². The minimum atomic E-state index is -0.606. The molecular weight excluding hydrogens is 425 g/mol. The van der Waals surface area contributed by atoms with Crippen molar-refractivity contribution in [2.45, 2.75) is 31.9 Å². The molecule has 23 heavy (non-hydrogen) atoms. The van der Waals surface area contributed by atoms with Crippen LogP contribution in [0.25, 0.3) is 0 Å². The van der Waals surface area contributed by atoms with Gasteiger partial charge in [0.1, 0.15) is 11.6 Å². The van der Waals surface area contributed by atoms with Crippen LogP contribution in [0.3, 0.4) is 0 Å². The number of halogens is 2. The van der Waals surface area contributed by atoms with Crippen molar-refractivity contribution in [3.63, 3.8) is 0 Å². The fraction of sp³-hybridized carbons (Fsp3) is 0.278. The summed E-state index contributed by atoms with van der Waals surface area (Å²) in [4.78, 5) is 12.3. The highest BCUT2D eigenvalue weighted by atomic mass is 127. The van der Waals surface area contributed by atoms with Crippen molar-refractivity contribution in [1.29, 1.82) is 0 Å². The monoisotopic (exact) mass is 441 g/mol. The topological polar surface area (TPSA) is 38.3 Å². The Labute approximate surface area is 154 Å². The molecule has 1 saturated heterocycles. The summed E-state index contributed by atoms with van der Waals surface area (Å²) in [5, 5.41) is 3.96. The molecule has 1 aliphatic rings. The van der Waals surface area contributed by atoms with Gasteiger partial charge in [-0.15, -0.1) is 0 Å². The van der Waals surface area contributed by atoms with Gasteiger partial charge >= 0.3 is 5.97 Å². The first-order chi connectivity index (χ1) is 10.9. The molecule has 0 bridgehead atoms. The van der Waals surface area contributed by atoms with Gasteiger partial charge in [-0.05, 0) is 71.8 Å². The van der Waals surface area contributed by atoms with Crippen molar-refractivity contribution in [3.8, 4) is 0 Å². The first-order valence-corrected chi connectivity index (χ1v) is 8.85. The highest BCUT2D eigenvalue weighted by molar-refractivity contribution is 14.1. The Balaban J connectivity index is 1.82. The van der Waals surface area contributed by atoms with Gasteiger partial charge in [0.25, 0.3) is 0 Å². The number of rotatable bonds is 3. The summed E-state index contributed by atoms with van der Waals surface area (Å²) in [6.07, 6.45) is 0.582. The number of hydrogen-bond donors (Lipinski definition) is 1. The van der Waals surface area contributed by atoms with E-state index in [1.165, 1.54) is 0 Å². The van der Waals surface area contributed by atoms with Gasteiger partial charge in [0, 0.05) is 20.7 Å². The number of carbonyl (C=O) groups excluding carboxylic acids is 1. The van der Waals surface area contributed by atoms with Crippen molar-refractivity contribution in [3.05, 3.63) is 62.2 Å². The van der Waals surface area contributed by atoms with Gasteiger partial charge in [-0.1, -0.05) is 29.8 Å². The molecule has 2 aromatic carbocycles. The maximum Gasteiger partial charge on any atom is 0.329 e. The van der Waals surface area contributed by atoms with E-state index in [1.54, 1.807) is 0 Å². The Morgan fingerprint density at radius 3 is 2.65 bits per heavy atom. The zero-order valence-electron chi connectivity index (χ0n) is 12.9. The number of cyclic esters (lactones) is 1. The van der Waals surface area contributed by atoms with Crippen molar-refractivity contribution in [2.75, 3.05) is 5.32 Å². The molecule has 2 unspecified atom stereocenters. The first kappa shape index (κ1) is 16.6. The molecule has 0 radical (unpaired) electrons. The molecule has 1 aliphatic heterocycles. The Bertz CT molecular complexity index is 747. The molecule has 3 rings (SSSR count). The van der Waals surface area contributed by atoms with Crippen LogP contribution in [0.1, 0.15) is 24.5 Å². The number of anilines is 1. The highest BCUT2D eigenvalue weighted by Gasteiger charge is 2.44. The van der Waals surface area contributed by atoms with Crippen molar-refractivity contribution >= 4 is 45.8 Å². The van der Waals surface area contributed by atoms with E-state index in [2.05, 4.69) is 27.9 Å². The number of nitrogens with one attached hydrogen (secondary N) is 1. The van der Waals surface area contributed by atoms with E-state index in [4.69, 9.17) is 16.3 Å². The number of ether oxygens (including phenoxy) is 1. The number of esters is 1. The third-order valence-corrected chi connectivity index (χ3v) is 5.38. The predicted molar refractivity (Wildman–Crippen MR) is 101 cm³/mol. The van der Waals surface area contributed by atoms with E-state index < -0.39 is 5.60 Å². The first-order valence-electron chi connectivity index (χ1n) is 7.39. The van der Waals surface area contributed by atoms with Crippen molar-refractivity contribution in [2.24, 2.45) is 0 Å². The summed E-state index contributed by atoms with van der Waals surface area (Å²) in [7, 11) is 0. The lowest BCUT2D eigenvalue weighted by atomic mass is 9.91. The molecule has 2 atom stereocenters. The van der Waals surface area contributed by atoms with Crippen molar-refractivity contribution in [1.82, 2.24) is 0 Å². The summed E-state index contributed by atoms with van der Waals surface area (Å²) < 4.78 is 6.85. The van der Waals surface area contributed by atoms with E-state index in [-0.39, 0.29) is 12.0 Å². The maximum absolute atomic E-state index is 12.3. The van der Waals surface area contributed by atoms with E-state index in [0.29, 0.717) is 11.4 Å². The lowest BCUT2D eigenvalue weighted by molar-refractivity contribution is -0.148. The quantitative estimate of drug-likeness (QED) is 0.544. The zero-order valence-corrected chi connectivity index (χ0v) is 15.8. The van der Waals surface area contributed by atoms with Crippen LogP contribution in [-0.4, -0.2) is 12.0 Å². The summed E-state index contributed by atoms with van der Waals surface area (Å²) >= 11 is 8.41. The molecule has 0 spiro atoms. The second kappa shape index (κ2) is 6.32. The summed E-state index contributed by atoms with van der Waals surface area (Å²) in [6, 6.07) is 13.3. The van der Waals surface area contributed by atoms with Gasteiger partial charge in [-0.25, -0.2) is 4.79 Å². The zero-order chi connectivity index (χ0) is 16.6. The van der Waals surface area contributed by atoms with Crippen molar-refractivity contribution < 1.29 is 9.53 Å². The average Bonchev–Trinajstić information content (AvgIpc) is 2.80. The molecule has 5 heteroatoms. The number of benzene rings is 2. The molecule has 2 aromatic rings. The summed E-state index contributed by atoms with van der Waals surface area (Å²) in [5.41, 5.74) is 2.21. The fourth-order valence-electron chi connectivity index (χ4n) is 2.85. The predicted octanol–water partition coefficient (Wildman–Crippen LogP) is 4.90. The fourth-order valence-corrected chi connectivity index (χ4v) is 3.38. The molecule has 0 aromatic heterocycles. The molecule has 1 fully saturated rings. The van der Waals surface area contributed by atoms with Crippen LogP contribution in [0.4, 0.5) is 5.69 Å². The summed E-state index contributed by atoms with van der Waals surface area (Å²) in [6.45, 7) is 3.89. The minimum absolute atomic E-state index is 0.231. The third-order valence-electron chi connectivity index (χ3n) is 4.26. The Kier molecular flexibility index (Phi) is 4.56. The van der Waals surface area contributed by atoms with Crippen LogP contribution >= 0.6 is 34.2 Å². The standard InChI is InChI=1S/C18H17ClINO2/c1-11-14(19)4-3-5-15(11)21-16-10-18(2,23-17(16)22)12-6-8-13(20)9-7-12/h3-9,16,21H,10H2,1-2H3. The second-order valence-corrected chi connectivity index (χ2v) is 7.63. The molecule has 0 aliphatic carbocycles. The average molecular weight is 442 g/mol. The molecular formula is C18H17ClINO2. The van der Waals surface area contributed by atoms with E-state index in [9.17, 15) is 4.79 Å². The van der Waals surface area contributed by atoms with Crippen LogP contribution in [0.15, 0.2) is 42.5 Å². The van der Waals surface area contributed by atoms with Crippen LogP contribution in [0.2, 0.25) is 5.02 Å². The largest absolute Gasteiger partial charge is 0.453 e. The minimum Gasteiger partial charge on any atom is -0.453 e. The molecule has 120 valence electrons. The van der Waals surface area contributed by atoms with Gasteiger partial charge in [-0.3, -0.25) is 0 Å². The third kappa shape index (κ3) is 3.33. The maximum atomic E-state index is 12.3. The van der Waals surface area contributed by atoms with E-state index in [1.807, 2.05) is 56.3 Å². The molecule has 3 nitrogen and oxygen atoms in total. The molecule has 1 N–H and O–H groups in total. The van der Waals surface area contributed by atoms with Crippen LogP contribution in [0.5, 0.6) is 0 Å². The van der Waals surface area contributed by atoms with Gasteiger partial charge in [0.05, 0.1) is 0 Å². The van der Waals surface area contributed by atoms with Gasteiger partial charge in [0.2, 0.25) is 0 Å². The molecule has 0 amide bonds. The normalized spacial score (nSPS) is 23.7. The molecule has 0 saturated carbocycles. The second-order valence-electron chi connectivity index (χ2n) is 5.97. The Hall–Kier alpha value is -1.27. The highest BCUT2D eigenvalue weighted by Crippen LogP contribution is 2.38. The lowest BCUT2D eigenvalue weighted by Crippen LogP contribution is -2.25. The smallest absolute Gasteiger partial charge is 0.329 e. The SMILES string of the molecule is Cc1c(Cl)cccc1NC1CC(C)(c2ccc(I)cc2)OC1=O. The van der Waals surface area contributed by atoms with Gasteiger partial charge in [-0.2, -0.15) is 0 Å². The van der Waals surface area contributed by atoms with E-state index >= 15 is 0 Å². The Morgan fingerprint density at radius 1 is 1.26 bits per heavy atom. The lowest BCUT2D eigenvalue weighted by Gasteiger charge is -2.23.